The molecule has 3 aromatic rings. The van der Waals surface area contributed by atoms with Crippen LogP contribution in [0.25, 0.3) is 0 Å². The van der Waals surface area contributed by atoms with E-state index in [4.69, 9.17) is 23.2 Å². The quantitative estimate of drug-likeness (QED) is 0.400. The molecule has 0 bridgehead atoms. The second kappa shape index (κ2) is 9.05. The fourth-order valence-corrected chi connectivity index (χ4v) is 5.00. The Labute approximate surface area is 198 Å². The van der Waals surface area contributed by atoms with Crippen molar-refractivity contribution in [3.8, 4) is 0 Å². The molecule has 3 atom stereocenters. The van der Waals surface area contributed by atoms with Gasteiger partial charge in [0, 0.05) is 28.6 Å². The maximum atomic E-state index is 14.0. The summed E-state index contributed by atoms with van der Waals surface area (Å²) in [5.41, 5.74) is 1.99. The van der Waals surface area contributed by atoms with E-state index in [0.717, 1.165) is 23.0 Å². The molecule has 2 heterocycles. The van der Waals surface area contributed by atoms with Gasteiger partial charge in [-0.2, -0.15) is 0 Å². The zero-order valence-electron chi connectivity index (χ0n) is 18.0. The van der Waals surface area contributed by atoms with Crippen LogP contribution in [0.3, 0.4) is 0 Å². The van der Waals surface area contributed by atoms with Crippen LogP contribution in [0.15, 0.2) is 66.9 Å². The molecule has 0 saturated carbocycles. The summed E-state index contributed by atoms with van der Waals surface area (Å²) in [6.07, 6.45) is 3.17. The fourth-order valence-electron chi connectivity index (χ4n) is 4.67. The van der Waals surface area contributed by atoms with Crippen LogP contribution in [0.4, 0.5) is 5.82 Å². The number of hydrogen-bond donors (Lipinski definition) is 0. The van der Waals surface area contributed by atoms with Crippen LogP contribution in [0, 0.1) is 12.3 Å². The Kier molecular flexibility index (Phi) is 6.36. The molecule has 2 aromatic carbocycles. The van der Waals surface area contributed by atoms with Crippen LogP contribution in [0.1, 0.15) is 48.4 Å². The molecule has 164 valence electrons. The SMILES string of the molecule is Cc1cccnc1N1C(=O)[C@](C)(CC=O)C[C@H](c2cccc(Cl)c2)[C@H]1c1ccc(Cl)cc1. The second-order valence-corrected chi connectivity index (χ2v) is 9.49. The Balaban J connectivity index is 1.97. The van der Waals surface area contributed by atoms with Crippen molar-refractivity contribution in [3.05, 3.63) is 93.6 Å². The Morgan fingerprint density at radius 2 is 1.81 bits per heavy atom. The third-order valence-corrected chi connectivity index (χ3v) is 6.78. The highest BCUT2D eigenvalue weighted by Gasteiger charge is 2.50. The van der Waals surface area contributed by atoms with Crippen LogP contribution in [0.5, 0.6) is 0 Å². The van der Waals surface area contributed by atoms with Crippen molar-refractivity contribution in [2.75, 3.05) is 4.90 Å². The summed E-state index contributed by atoms with van der Waals surface area (Å²) >= 11 is 12.5. The minimum absolute atomic E-state index is 0.0982. The molecule has 1 amide bonds. The molecule has 4 nitrogen and oxygen atoms in total. The number of rotatable bonds is 5. The molecule has 6 heteroatoms. The van der Waals surface area contributed by atoms with Crippen molar-refractivity contribution in [3.63, 3.8) is 0 Å². The summed E-state index contributed by atoms with van der Waals surface area (Å²) < 4.78 is 0. The summed E-state index contributed by atoms with van der Waals surface area (Å²) in [5.74, 6) is 0.393. The van der Waals surface area contributed by atoms with Gasteiger partial charge >= 0.3 is 0 Å². The van der Waals surface area contributed by atoms with Gasteiger partial charge in [-0.25, -0.2) is 4.98 Å². The minimum atomic E-state index is -0.860. The molecule has 4 rings (SSSR count). The van der Waals surface area contributed by atoms with Crippen molar-refractivity contribution in [2.24, 2.45) is 5.41 Å². The number of pyridine rings is 1. The average molecular weight is 467 g/mol. The number of aldehydes is 1. The molecular weight excluding hydrogens is 443 g/mol. The maximum absolute atomic E-state index is 14.0. The van der Waals surface area contributed by atoms with Crippen LogP contribution < -0.4 is 4.90 Å². The highest BCUT2D eigenvalue weighted by Crippen LogP contribution is 2.52. The number of piperidine rings is 1. The van der Waals surface area contributed by atoms with Crippen molar-refractivity contribution in [2.45, 2.75) is 38.6 Å². The fraction of sp³-hybridized carbons (Fsp3) is 0.269. The highest BCUT2D eigenvalue weighted by molar-refractivity contribution is 6.30. The number of carbonyl (C=O) groups is 2. The first-order chi connectivity index (χ1) is 15.3. The molecule has 0 spiro atoms. The van der Waals surface area contributed by atoms with E-state index in [1.165, 1.54) is 0 Å². The monoisotopic (exact) mass is 466 g/mol. The predicted molar refractivity (Wildman–Crippen MR) is 128 cm³/mol. The van der Waals surface area contributed by atoms with Gasteiger partial charge in [-0.05, 0) is 60.4 Å². The zero-order chi connectivity index (χ0) is 22.9. The molecule has 1 fully saturated rings. The Hall–Kier alpha value is -2.69. The van der Waals surface area contributed by atoms with Crippen molar-refractivity contribution in [1.29, 1.82) is 0 Å². The van der Waals surface area contributed by atoms with Crippen molar-refractivity contribution < 1.29 is 9.59 Å². The lowest BCUT2D eigenvalue weighted by Crippen LogP contribution is -2.52. The smallest absolute Gasteiger partial charge is 0.235 e. The highest BCUT2D eigenvalue weighted by atomic mass is 35.5. The van der Waals surface area contributed by atoms with E-state index in [1.54, 1.807) is 11.1 Å². The minimum Gasteiger partial charge on any atom is -0.303 e. The molecule has 0 radical (unpaired) electrons. The number of aryl methyl sites for hydroxylation is 1. The van der Waals surface area contributed by atoms with E-state index in [9.17, 15) is 9.59 Å². The van der Waals surface area contributed by atoms with Gasteiger partial charge in [0.15, 0.2) is 0 Å². The maximum Gasteiger partial charge on any atom is 0.235 e. The zero-order valence-corrected chi connectivity index (χ0v) is 19.5. The van der Waals surface area contributed by atoms with Crippen molar-refractivity contribution in [1.82, 2.24) is 4.98 Å². The van der Waals surface area contributed by atoms with E-state index in [2.05, 4.69) is 4.98 Å². The first kappa shape index (κ1) is 22.5. The van der Waals surface area contributed by atoms with Gasteiger partial charge in [0.25, 0.3) is 0 Å². The molecule has 1 aromatic heterocycles. The molecular formula is C26H24Cl2N2O2. The van der Waals surface area contributed by atoms with Crippen LogP contribution in [-0.4, -0.2) is 17.2 Å². The third-order valence-electron chi connectivity index (χ3n) is 6.30. The standard InChI is InChI=1S/C26H24Cl2N2O2/c1-17-5-4-13-29-24(17)30-23(18-8-10-20(27)11-9-18)22(19-6-3-7-21(28)15-19)16-26(2,12-14-31)25(30)32/h3-11,13-15,22-23H,12,16H2,1-2H3/t22-,23-,26-/m1/s1. The topological polar surface area (TPSA) is 50.3 Å². The van der Waals surface area contributed by atoms with E-state index in [-0.39, 0.29) is 24.3 Å². The van der Waals surface area contributed by atoms with Gasteiger partial charge in [-0.1, -0.05) is 60.5 Å². The average Bonchev–Trinajstić information content (AvgIpc) is 2.77. The number of halogens is 2. The Morgan fingerprint density at radius 3 is 2.47 bits per heavy atom. The Morgan fingerprint density at radius 1 is 1.06 bits per heavy atom. The lowest BCUT2D eigenvalue weighted by atomic mass is 9.67. The van der Waals surface area contributed by atoms with E-state index >= 15 is 0 Å². The second-order valence-electron chi connectivity index (χ2n) is 8.61. The summed E-state index contributed by atoms with van der Waals surface area (Å²) in [4.78, 5) is 31.9. The Bertz CT molecular complexity index is 1150. The van der Waals surface area contributed by atoms with Crippen molar-refractivity contribution >= 4 is 41.2 Å². The number of hydrogen-bond acceptors (Lipinski definition) is 3. The molecule has 1 saturated heterocycles. The molecule has 0 aliphatic carbocycles. The summed E-state index contributed by atoms with van der Waals surface area (Å²) in [5, 5.41) is 1.26. The van der Waals surface area contributed by atoms with Crippen LogP contribution >= 0.6 is 23.2 Å². The molecule has 0 N–H and O–H groups in total. The number of aromatic nitrogens is 1. The van der Waals surface area contributed by atoms with E-state index < -0.39 is 5.41 Å². The van der Waals surface area contributed by atoms with E-state index in [1.807, 2.05) is 74.5 Å². The van der Waals surface area contributed by atoms with Gasteiger partial charge < -0.3 is 4.79 Å². The third kappa shape index (κ3) is 4.17. The van der Waals surface area contributed by atoms with Gasteiger partial charge in [0.05, 0.1) is 11.5 Å². The van der Waals surface area contributed by atoms with Gasteiger partial charge in [0.1, 0.15) is 12.1 Å². The molecule has 0 unspecified atom stereocenters. The van der Waals surface area contributed by atoms with Gasteiger partial charge in [-0.15, -0.1) is 0 Å². The predicted octanol–water partition coefficient (Wildman–Crippen LogP) is 6.55. The lowest BCUT2D eigenvalue weighted by Gasteiger charge is -2.48. The number of carbonyl (C=O) groups excluding carboxylic acids is 2. The summed E-state index contributed by atoms with van der Waals surface area (Å²) in [6, 6.07) is 18.7. The normalized spacial score (nSPS) is 23.2. The summed E-state index contributed by atoms with van der Waals surface area (Å²) in [7, 11) is 0. The molecule has 32 heavy (non-hydrogen) atoms. The van der Waals surface area contributed by atoms with Crippen LogP contribution in [-0.2, 0) is 9.59 Å². The number of nitrogens with zero attached hydrogens (tertiary/aromatic N) is 2. The van der Waals surface area contributed by atoms with Crippen LogP contribution in [0.2, 0.25) is 10.0 Å². The lowest BCUT2D eigenvalue weighted by molar-refractivity contribution is -0.133. The molecule has 1 aliphatic rings. The van der Waals surface area contributed by atoms with Gasteiger partial charge in [-0.3, -0.25) is 9.69 Å². The van der Waals surface area contributed by atoms with Gasteiger partial charge in [0.2, 0.25) is 5.91 Å². The number of anilines is 1. The summed E-state index contributed by atoms with van der Waals surface area (Å²) in [6.45, 7) is 3.80. The van der Waals surface area contributed by atoms with E-state index in [0.29, 0.717) is 22.3 Å². The molecule has 1 aliphatic heterocycles. The largest absolute Gasteiger partial charge is 0.303 e. The first-order valence-corrected chi connectivity index (χ1v) is 11.3. The number of benzene rings is 2. The number of amides is 1. The first-order valence-electron chi connectivity index (χ1n) is 10.5.